The average Bonchev–Trinajstić information content (AvgIpc) is 3.56. The summed E-state index contributed by atoms with van der Waals surface area (Å²) in [7, 11) is 0. The van der Waals surface area contributed by atoms with Gasteiger partial charge in [-0.2, -0.15) is 0 Å². The summed E-state index contributed by atoms with van der Waals surface area (Å²) >= 11 is 3.55. The molecule has 12 heteroatoms. The van der Waals surface area contributed by atoms with Crippen LogP contribution in [0.25, 0.3) is 10.9 Å². The molecule has 1 heterocycles. The fourth-order valence-electron chi connectivity index (χ4n) is 5.58. The summed E-state index contributed by atoms with van der Waals surface area (Å²) in [5.41, 5.74) is 3.61. The van der Waals surface area contributed by atoms with Gasteiger partial charge in [0.1, 0.15) is 30.0 Å². The number of carbonyl (C=O) groups is 4. The first-order valence-corrected chi connectivity index (χ1v) is 18.1. The van der Waals surface area contributed by atoms with Crippen LogP contribution in [0.15, 0.2) is 114 Å². The van der Waals surface area contributed by atoms with Gasteiger partial charge in [-0.3, -0.25) is 14.4 Å². The fraction of sp³-hybridized carbons (Fsp3) is 0.268. The van der Waals surface area contributed by atoms with E-state index in [9.17, 15) is 19.2 Å². The molecule has 5 rings (SSSR count). The molecule has 0 aliphatic heterocycles. The number of alkyl carbamates (subject to hydrolysis) is 1. The van der Waals surface area contributed by atoms with Gasteiger partial charge in [0.05, 0.1) is 12.1 Å². The van der Waals surface area contributed by atoms with E-state index < -0.39 is 42.1 Å². The molecule has 11 nitrogen and oxygen atoms in total. The number of halogens is 1. The minimum absolute atomic E-state index is 0.117. The summed E-state index contributed by atoms with van der Waals surface area (Å²) in [5.74, 6) is -0.895. The summed E-state index contributed by atoms with van der Waals surface area (Å²) < 4.78 is 12.2. The molecule has 0 saturated carbocycles. The number of amides is 4. The smallest absolute Gasteiger partial charge is 0.408 e. The van der Waals surface area contributed by atoms with Gasteiger partial charge in [-0.15, -0.1) is 0 Å². The van der Waals surface area contributed by atoms with E-state index in [2.05, 4.69) is 42.2 Å². The van der Waals surface area contributed by atoms with Crippen molar-refractivity contribution in [1.29, 1.82) is 0 Å². The van der Waals surface area contributed by atoms with E-state index in [1.807, 2.05) is 97.2 Å². The molecule has 0 saturated heterocycles. The van der Waals surface area contributed by atoms with Gasteiger partial charge in [-0.05, 0) is 77.2 Å². The number of para-hydroxylation sites is 1. The third kappa shape index (κ3) is 12.0. The van der Waals surface area contributed by atoms with Crippen molar-refractivity contribution in [3.05, 3.63) is 136 Å². The number of H-pyrrole nitrogens is 1. The van der Waals surface area contributed by atoms with Crippen LogP contribution in [0.5, 0.6) is 5.75 Å². The zero-order valence-corrected chi connectivity index (χ0v) is 31.5. The van der Waals surface area contributed by atoms with Gasteiger partial charge >= 0.3 is 6.09 Å². The lowest BCUT2D eigenvalue weighted by Crippen LogP contribution is -2.53. The lowest BCUT2D eigenvalue weighted by molar-refractivity contribution is -0.130. The molecule has 0 spiro atoms. The van der Waals surface area contributed by atoms with Crippen molar-refractivity contribution in [2.24, 2.45) is 0 Å². The number of carbonyl (C=O) groups excluding carboxylic acids is 4. The number of aromatic amines is 1. The summed E-state index contributed by atoms with van der Waals surface area (Å²) in [6, 6.07) is 30.2. The van der Waals surface area contributed by atoms with Crippen LogP contribution < -0.4 is 26.0 Å². The Bertz CT molecular complexity index is 1990. The molecule has 0 aliphatic carbocycles. The van der Waals surface area contributed by atoms with Crippen molar-refractivity contribution in [2.75, 3.05) is 6.54 Å². The van der Waals surface area contributed by atoms with E-state index in [0.29, 0.717) is 12.4 Å². The molecule has 0 aliphatic rings. The Morgan fingerprint density at radius 2 is 1.36 bits per heavy atom. The number of rotatable bonds is 15. The van der Waals surface area contributed by atoms with Crippen LogP contribution >= 0.6 is 15.9 Å². The van der Waals surface area contributed by atoms with Crippen LogP contribution in [0.1, 0.15) is 43.0 Å². The summed E-state index contributed by atoms with van der Waals surface area (Å²) in [6.07, 6.45) is 1.36. The maximum absolute atomic E-state index is 13.5. The van der Waals surface area contributed by atoms with E-state index in [4.69, 9.17) is 9.47 Å². The highest BCUT2D eigenvalue weighted by molar-refractivity contribution is 9.10. The molecule has 0 bridgehead atoms. The Morgan fingerprint density at radius 1 is 0.717 bits per heavy atom. The molecule has 4 amide bonds. The molecule has 0 unspecified atom stereocenters. The first-order valence-electron chi connectivity index (χ1n) is 17.3. The summed E-state index contributed by atoms with van der Waals surface area (Å²) in [5, 5.41) is 11.9. The van der Waals surface area contributed by atoms with E-state index in [1.54, 1.807) is 32.9 Å². The van der Waals surface area contributed by atoms with E-state index in [-0.39, 0.29) is 25.3 Å². The zero-order chi connectivity index (χ0) is 37.8. The fourth-order valence-corrected chi connectivity index (χ4v) is 6.06. The van der Waals surface area contributed by atoms with Crippen molar-refractivity contribution < 1.29 is 28.7 Å². The number of fused-ring (bicyclic) bond motifs is 1. The Morgan fingerprint density at radius 3 is 2.04 bits per heavy atom. The highest BCUT2D eigenvalue weighted by atomic mass is 79.9. The molecule has 0 fully saturated rings. The van der Waals surface area contributed by atoms with Gasteiger partial charge in [0.15, 0.2) is 0 Å². The molecule has 276 valence electrons. The second kappa shape index (κ2) is 18.2. The van der Waals surface area contributed by atoms with Crippen LogP contribution in [0, 0.1) is 0 Å². The molecular weight excluding hydrogens is 738 g/mol. The average molecular weight is 783 g/mol. The molecule has 5 N–H and O–H groups in total. The number of hydrogen-bond donors (Lipinski definition) is 5. The quantitative estimate of drug-likeness (QED) is 0.0866. The Kier molecular flexibility index (Phi) is 13.3. The summed E-state index contributed by atoms with van der Waals surface area (Å²) in [6.45, 7) is 5.42. The standard InChI is InChI=1S/C41H44BrN5O6/c1-41(2,3)53-40(51)47-34(21-27-17-19-31(20-18-27)52-26-29-13-8-5-9-14-29)38(49)45-25-36(48)46-35(39(50)44-23-28-11-6-4-7-12-28)22-30-24-43-37-32(30)15-10-16-33(37)42/h4-20,24,34-35,43H,21-23,25-26H2,1-3H3,(H,44,50)(H,45,49)(H,46,48)(H,47,51)/t34-,35-/m0/s1. The lowest BCUT2D eigenvalue weighted by atomic mass is 10.0. The molecule has 53 heavy (non-hydrogen) atoms. The number of aromatic nitrogens is 1. The van der Waals surface area contributed by atoms with E-state index >= 15 is 0 Å². The largest absolute Gasteiger partial charge is 0.489 e. The first-order chi connectivity index (χ1) is 25.4. The zero-order valence-electron chi connectivity index (χ0n) is 29.9. The van der Waals surface area contributed by atoms with Crippen molar-refractivity contribution in [3.8, 4) is 5.75 Å². The lowest BCUT2D eigenvalue weighted by Gasteiger charge is -2.24. The Balaban J connectivity index is 1.24. The Hall–Kier alpha value is -5.62. The molecule has 5 aromatic rings. The van der Waals surface area contributed by atoms with Gasteiger partial charge in [0, 0.05) is 35.4 Å². The SMILES string of the molecule is CC(C)(C)OC(=O)N[C@@H](Cc1ccc(OCc2ccccc2)cc1)C(=O)NCC(=O)N[C@@H](Cc1c[nH]c2c(Br)cccc12)C(=O)NCc1ccccc1. The van der Waals surface area contributed by atoms with Gasteiger partial charge < -0.3 is 35.7 Å². The van der Waals surface area contributed by atoms with Gasteiger partial charge in [0.2, 0.25) is 17.7 Å². The Labute approximate surface area is 317 Å². The topological polar surface area (TPSA) is 151 Å². The first kappa shape index (κ1) is 38.6. The van der Waals surface area contributed by atoms with Crippen molar-refractivity contribution in [3.63, 3.8) is 0 Å². The molecular formula is C41H44BrN5O6. The van der Waals surface area contributed by atoms with E-state index in [0.717, 1.165) is 37.6 Å². The number of nitrogens with one attached hydrogen (secondary N) is 5. The maximum atomic E-state index is 13.5. The van der Waals surface area contributed by atoms with Crippen LogP contribution in [-0.2, 0) is 45.1 Å². The number of ether oxygens (including phenoxy) is 2. The second-order valence-corrected chi connectivity index (χ2v) is 14.4. The van der Waals surface area contributed by atoms with Crippen LogP contribution in [0.4, 0.5) is 4.79 Å². The summed E-state index contributed by atoms with van der Waals surface area (Å²) in [4.78, 5) is 56.3. The third-order valence-electron chi connectivity index (χ3n) is 8.18. The van der Waals surface area contributed by atoms with Gasteiger partial charge in [-0.25, -0.2) is 4.79 Å². The van der Waals surface area contributed by atoms with Gasteiger partial charge in [0.25, 0.3) is 0 Å². The van der Waals surface area contributed by atoms with Crippen LogP contribution in [-0.4, -0.2) is 53.0 Å². The van der Waals surface area contributed by atoms with Gasteiger partial charge in [-0.1, -0.05) is 84.9 Å². The predicted octanol–water partition coefficient (Wildman–Crippen LogP) is 6.11. The maximum Gasteiger partial charge on any atom is 0.408 e. The van der Waals surface area contributed by atoms with Crippen LogP contribution in [0.2, 0.25) is 0 Å². The highest BCUT2D eigenvalue weighted by Gasteiger charge is 2.27. The van der Waals surface area contributed by atoms with Crippen molar-refractivity contribution in [1.82, 2.24) is 26.3 Å². The molecule has 1 aromatic heterocycles. The minimum Gasteiger partial charge on any atom is -0.489 e. The molecule has 0 radical (unpaired) electrons. The van der Waals surface area contributed by atoms with Crippen LogP contribution in [0.3, 0.4) is 0 Å². The monoisotopic (exact) mass is 781 g/mol. The predicted molar refractivity (Wildman–Crippen MR) is 207 cm³/mol. The minimum atomic E-state index is -1.07. The molecule has 2 atom stereocenters. The van der Waals surface area contributed by atoms with Crippen molar-refractivity contribution in [2.45, 2.75) is 64.4 Å². The number of hydrogen-bond acceptors (Lipinski definition) is 6. The molecule has 4 aromatic carbocycles. The normalized spacial score (nSPS) is 12.3. The highest BCUT2D eigenvalue weighted by Crippen LogP contribution is 2.26. The number of benzene rings is 4. The van der Waals surface area contributed by atoms with Crippen molar-refractivity contribution >= 4 is 50.6 Å². The second-order valence-electron chi connectivity index (χ2n) is 13.5. The third-order valence-corrected chi connectivity index (χ3v) is 8.84. The van der Waals surface area contributed by atoms with E-state index in [1.165, 1.54) is 0 Å².